The maximum absolute atomic E-state index is 6.53. The molecule has 1 aliphatic carbocycles. The lowest BCUT2D eigenvalue weighted by molar-refractivity contribution is 0.700. The van der Waals surface area contributed by atoms with Crippen LogP contribution in [0.2, 0.25) is 5.15 Å². The number of anilines is 1. The lowest BCUT2D eigenvalue weighted by Crippen LogP contribution is -2.26. The molecule has 2 aromatic heterocycles. The van der Waals surface area contributed by atoms with Gasteiger partial charge in [-0.2, -0.15) is 0 Å². The number of thiophene rings is 1. The van der Waals surface area contributed by atoms with Gasteiger partial charge >= 0.3 is 0 Å². The topological polar surface area (TPSA) is 29.0 Å². The zero-order chi connectivity index (χ0) is 14.2. The minimum Gasteiger partial charge on any atom is -0.341 e. The molecule has 3 nitrogen and oxygen atoms in total. The predicted octanol–water partition coefficient (Wildman–Crippen LogP) is 4.60. The summed E-state index contributed by atoms with van der Waals surface area (Å²) < 4.78 is 0. The molecule has 0 atom stereocenters. The van der Waals surface area contributed by atoms with Crippen LogP contribution in [0.3, 0.4) is 0 Å². The Bertz CT molecular complexity index is 659. The minimum absolute atomic E-state index is 0.665. The van der Waals surface area contributed by atoms with Gasteiger partial charge in [-0.15, -0.1) is 11.3 Å². The van der Waals surface area contributed by atoms with Crippen molar-refractivity contribution in [1.29, 1.82) is 0 Å². The molecule has 1 fully saturated rings. The third-order valence-electron chi connectivity index (χ3n) is 4.65. The average molecular weight is 322 g/mol. The molecule has 3 heterocycles. The molecular weight excluding hydrogens is 302 g/mol. The number of aryl methyl sites for hydroxylation is 2. The van der Waals surface area contributed by atoms with E-state index in [-0.39, 0.29) is 0 Å². The lowest BCUT2D eigenvalue weighted by atomic mass is 9.97. The fourth-order valence-corrected chi connectivity index (χ4v) is 5.11. The summed E-state index contributed by atoms with van der Waals surface area (Å²) in [7, 11) is 0. The highest BCUT2D eigenvalue weighted by atomic mass is 35.5. The number of fused-ring (bicyclic) bond motifs is 3. The van der Waals surface area contributed by atoms with E-state index in [1.807, 2.05) is 11.3 Å². The average Bonchev–Trinajstić information content (AvgIpc) is 2.68. The molecule has 0 N–H and O–H groups in total. The molecule has 1 aliphatic heterocycles. The second kappa shape index (κ2) is 5.73. The SMILES string of the molecule is Clc1nc(N2CCCCCC2)nc2sc3c(c12)CCCC3. The molecule has 112 valence electrons. The molecule has 21 heavy (non-hydrogen) atoms. The summed E-state index contributed by atoms with van der Waals surface area (Å²) in [6.45, 7) is 2.12. The minimum atomic E-state index is 0.665. The van der Waals surface area contributed by atoms with Crippen LogP contribution in [0.25, 0.3) is 10.2 Å². The van der Waals surface area contributed by atoms with Gasteiger partial charge in [-0.3, -0.25) is 0 Å². The highest BCUT2D eigenvalue weighted by Gasteiger charge is 2.22. The van der Waals surface area contributed by atoms with Crippen molar-refractivity contribution < 1.29 is 0 Å². The van der Waals surface area contributed by atoms with Gasteiger partial charge < -0.3 is 4.90 Å². The monoisotopic (exact) mass is 321 g/mol. The first-order chi connectivity index (χ1) is 10.3. The van der Waals surface area contributed by atoms with Crippen molar-refractivity contribution in [3.05, 3.63) is 15.6 Å². The quantitative estimate of drug-likeness (QED) is 0.718. The van der Waals surface area contributed by atoms with Crippen LogP contribution in [0, 0.1) is 0 Å². The van der Waals surface area contributed by atoms with Crippen molar-refractivity contribution in [2.24, 2.45) is 0 Å². The molecule has 0 aromatic carbocycles. The maximum atomic E-state index is 6.53. The molecule has 0 radical (unpaired) electrons. The molecule has 2 aliphatic rings. The first-order valence-electron chi connectivity index (χ1n) is 8.05. The summed E-state index contributed by atoms with van der Waals surface area (Å²) >= 11 is 8.36. The Hall–Kier alpha value is -0.870. The van der Waals surface area contributed by atoms with Gasteiger partial charge in [0.1, 0.15) is 9.98 Å². The highest BCUT2D eigenvalue weighted by molar-refractivity contribution is 7.19. The molecular formula is C16H20ClN3S. The van der Waals surface area contributed by atoms with Crippen molar-refractivity contribution in [3.63, 3.8) is 0 Å². The second-order valence-corrected chi connectivity index (χ2v) is 7.55. The lowest BCUT2D eigenvalue weighted by Gasteiger charge is -2.20. The summed E-state index contributed by atoms with van der Waals surface area (Å²) in [5, 5.41) is 1.80. The molecule has 2 aromatic rings. The summed E-state index contributed by atoms with van der Waals surface area (Å²) in [4.78, 5) is 14.4. The Labute approximate surface area is 134 Å². The largest absolute Gasteiger partial charge is 0.341 e. The Morgan fingerprint density at radius 2 is 1.67 bits per heavy atom. The first kappa shape index (κ1) is 13.8. The molecule has 0 unspecified atom stereocenters. The van der Waals surface area contributed by atoms with E-state index < -0.39 is 0 Å². The molecule has 4 rings (SSSR count). The van der Waals surface area contributed by atoms with Crippen LogP contribution in [0.5, 0.6) is 0 Å². The predicted molar refractivity (Wildman–Crippen MR) is 89.7 cm³/mol. The maximum Gasteiger partial charge on any atom is 0.228 e. The first-order valence-corrected chi connectivity index (χ1v) is 9.25. The fraction of sp³-hybridized carbons (Fsp3) is 0.625. The van der Waals surface area contributed by atoms with Gasteiger partial charge in [0.25, 0.3) is 0 Å². The summed E-state index contributed by atoms with van der Waals surface area (Å²) in [6.07, 6.45) is 10.00. The number of hydrogen-bond acceptors (Lipinski definition) is 4. The molecule has 0 bridgehead atoms. The van der Waals surface area contributed by atoms with Crippen molar-refractivity contribution >= 4 is 39.1 Å². The molecule has 1 saturated heterocycles. The third-order valence-corrected chi connectivity index (χ3v) is 6.11. The van der Waals surface area contributed by atoms with Crippen LogP contribution in [0.4, 0.5) is 5.95 Å². The van der Waals surface area contributed by atoms with Gasteiger partial charge in [-0.1, -0.05) is 24.4 Å². The number of nitrogens with zero attached hydrogens (tertiary/aromatic N) is 3. The van der Waals surface area contributed by atoms with E-state index in [4.69, 9.17) is 16.6 Å². The smallest absolute Gasteiger partial charge is 0.228 e. The normalized spacial score (nSPS) is 19.6. The van der Waals surface area contributed by atoms with Crippen LogP contribution >= 0.6 is 22.9 Å². The van der Waals surface area contributed by atoms with E-state index in [9.17, 15) is 0 Å². The molecule has 5 heteroatoms. The number of halogens is 1. The number of rotatable bonds is 1. The van der Waals surface area contributed by atoms with E-state index >= 15 is 0 Å². The van der Waals surface area contributed by atoms with Gasteiger partial charge in [0, 0.05) is 18.0 Å². The van der Waals surface area contributed by atoms with Crippen LogP contribution in [-0.4, -0.2) is 23.1 Å². The third kappa shape index (κ3) is 2.53. The van der Waals surface area contributed by atoms with Gasteiger partial charge in [0.05, 0.1) is 5.39 Å². The van der Waals surface area contributed by atoms with Gasteiger partial charge in [-0.25, -0.2) is 9.97 Å². The van der Waals surface area contributed by atoms with Crippen LogP contribution in [0.15, 0.2) is 0 Å². The van der Waals surface area contributed by atoms with Crippen LogP contribution in [-0.2, 0) is 12.8 Å². The van der Waals surface area contributed by atoms with E-state index in [0.717, 1.165) is 35.7 Å². The molecule has 0 saturated carbocycles. The number of aromatic nitrogens is 2. The van der Waals surface area contributed by atoms with Crippen LogP contribution < -0.4 is 4.90 Å². The van der Waals surface area contributed by atoms with Crippen molar-refractivity contribution in [1.82, 2.24) is 9.97 Å². The van der Waals surface area contributed by atoms with E-state index in [2.05, 4.69) is 9.88 Å². The van der Waals surface area contributed by atoms with E-state index in [1.165, 1.54) is 55.4 Å². The Morgan fingerprint density at radius 3 is 2.48 bits per heavy atom. The van der Waals surface area contributed by atoms with Gasteiger partial charge in [0.2, 0.25) is 5.95 Å². The van der Waals surface area contributed by atoms with Crippen LogP contribution in [0.1, 0.15) is 49.0 Å². The van der Waals surface area contributed by atoms with Crippen molar-refractivity contribution in [2.75, 3.05) is 18.0 Å². The summed E-state index contributed by atoms with van der Waals surface area (Å²) in [5.41, 5.74) is 1.42. The zero-order valence-corrected chi connectivity index (χ0v) is 13.8. The molecule has 0 spiro atoms. The van der Waals surface area contributed by atoms with Gasteiger partial charge in [-0.05, 0) is 44.1 Å². The fourth-order valence-electron chi connectivity index (χ4n) is 3.51. The zero-order valence-electron chi connectivity index (χ0n) is 12.2. The summed E-state index contributed by atoms with van der Waals surface area (Å²) in [6, 6.07) is 0. The number of hydrogen-bond donors (Lipinski definition) is 0. The second-order valence-electron chi connectivity index (χ2n) is 6.11. The van der Waals surface area contributed by atoms with Crippen molar-refractivity contribution in [3.8, 4) is 0 Å². The Kier molecular flexibility index (Phi) is 3.76. The molecule has 0 amide bonds. The summed E-state index contributed by atoms with van der Waals surface area (Å²) in [5.74, 6) is 0.841. The van der Waals surface area contributed by atoms with E-state index in [1.54, 1.807) is 0 Å². The standard InChI is InChI=1S/C16H20ClN3S/c17-14-13-11-7-3-4-8-12(11)21-15(13)19-16(18-14)20-9-5-1-2-6-10-20/h1-10H2. The highest BCUT2D eigenvalue weighted by Crippen LogP contribution is 2.39. The Morgan fingerprint density at radius 1 is 0.905 bits per heavy atom. The van der Waals surface area contributed by atoms with Crippen molar-refractivity contribution in [2.45, 2.75) is 51.4 Å². The van der Waals surface area contributed by atoms with E-state index in [0.29, 0.717) is 5.15 Å². The van der Waals surface area contributed by atoms with Gasteiger partial charge in [0.15, 0.2) is 0 Å². The Balaban J connectivity index is 1.78.